The Kier molecular flexibility index (Phi) is 5.06. The predicted molar refractivity (Wildman–Crippen MR) is 95.8 cm³/mol. The first kappa shape index (κ1) is 17.0. The zero-order valence-corrected chi connectivity index (χ0v) is 14.8. The maximum Gasteiger partial charge on any atom is 0.253 e. The van der Waals surface area contributed by atoms with Gasteiger partial charge in [0.1, 0.15) is 0 Å². The molecule has 0 saturated carbocycles. The molecule has 4 rings (SSSR count). The van der Waals surface area contributed by atoms with Crippen LogP contribution < -0.4 is 0 Å². The quantitative estimate of drug-likeness (QED) is 0.883. The number of morpholine rings is 1. The Morgan fingerprint density at radius 1 is 1.04 bits per heavy atom. The van der Waals surface area contributed by atoms with Gasteiger partial charge in [-0.2, -0.15) is 0 Å². The Balaban J connectivity index is 1.43. The molecule has 2 atom stereocenters. The number of nitrogens with zero attached hydrogens (tertiary/aromatic N) is 2. The second-order valence-electron chi connectivity index (χ2n) is 7.49. The van der Waals surface area contributed by atoms with Crippen LogP contribution in [0.15, 0.2) is 18.2 Å². The van der Waals surface area contributed by atoms with Crippen molar-refractivity contribution >= 4 is 5.91 Å². The molecule has 2 aliphatic heterocycles. The van der Waals surface area contributed by atoms with Gasteiger partial charge in [0.05, 0.1) is 19.3 Å². The normalized spacial score (nSPS) is 27.8. The zero-order chi connectivity index (χ0) is 17.2. The first-order valence-electron chi connectivity index (χ1n) is 9.63. The average molecular weight is 344 g/mol. The van der Waals surface area contributed by atoms with E-state index in [2.05, 4.69) is 17.0 Å². The summed E-state index contributed by atoms with van der Waals surface area (Å²) in [5.41, 5.74) is 3.54. The van der Waals surface area contributed by atoms with Crippen molar-refractivity contribution in [3.8, 4) is 0 Å². The van der Waals surface area contributed by atoms with Crippen molar-refractivity contribution < 1.29 is 14.6 Å². The molecular weight excluding hydrogens is 316 g/mol. The first-order valence-corrected chi connectivity index (χ1v) is 9.63. The number of aliphatic hydroxyl groups is 1. The van der Waals surface area contributed by atoms with Crippen LogP contribution in [0.5, 0.6) is 0 Å². The third kappa shape index (κ3) is 3.59. The Morgan fingerprint density at radius 3 is 2.64 bits per heavy atom. The van der Waals surface area contributed by atoms with Gasteiger partial charge in [-0.15, -0.1) is 0 Å². The summed E-state index contributed by atoms with van der Waals surface area (Å²) in [6, 6.07) is 6.33. The first-order chi connectivity index (χ1) is 12.2. The number of carbonyl (C=O) groups excluding carboxylic acids is 1. The second-order valence-corrected chi connectivity index (χ2v) is 7.49. The largest absolute Gasteiger partial charge is 0.391 e. The van der Waals surface area contributed by atoms with E-state index in [1.165, 1.54) is 17.5 Å². The molecule has 1 aliphatic carbocycles. The number of amides is 1. The molecule has 0 bridgehead atoms. The minimum atomic E-state index is -0.365. The van der Waals surface area contributed by atoms with Crippen LogP contribution in [-0.2, 0) is 17.6 Å². The van der Waals surface area contributed by atoms with Crippen molar-refractivity contribution in [1.82, 2.24) is 9.80 Å². The SMILES string of the molecule is O=C(c1ccc2c(c1)CCC2)N1CC[C@H](O)[C@@H](N2CCOCC2)CC1. The molecule has 25 heavy (non-hydrogen) atoms. The molecule has 0 unspecified atom stereocenters. The van der Waals surface area contributed by atoms with Crippen molar-refractivity contribution in [3.63, 3.8) is 0 Å². The third-order valence-electron chi connectivity index (χ3n) is 5.98. The molecular formula is C20H28N2O3. The fraction of sp³-hybridized carbons (Fsp3) is 0.650. The summed E-state index contributed by atoms with van der Waals surface area (Å²) in [6.07, 6.45) is 4.55. The maximum atomic E-state index is 13.0. The van der Waals surface area contributed by atoms with E-state index in [-0.39, 0.29) is 18.1 Å². The molecule has 1 aromatic carbocycles. The number of hydrogen-bond acceptors (Lipinski definition) is 4. The number of fused-ring (bicyclic) bond motifs is 1. The van der Waals surface area contributed by atoms with E-state index in [0.717, 1.165) is 57.7 Å². The van der Waals surface area contributed by atoms with Gasteiger partial charge in [-0.25, -0.2) is 0 Å². The molecule has 2 fully saturated rings. The lowest BCUT2D eigenvalue weighted by Crippen LogP contribution is -2.49. The molecule has 0 aromatic heterocycles. The number of aryl methyl sites for hydroxylation is 2. The smallest absolute Gasteiger partial charge is 0.253 e. The van der Waals surface area contributed by atoms with Gasteiger partial charge in [0.25, 0.3) is 5.91 Å². The van der Waals surface area contributed by atoms with Gasteiger partial charge < -0.3 is 14.7 Å². The van der Waals surface area contributed by atoms with Crippen LogP contribution in [0.2, 0.25) is 0 Å². The van der Waals surface area contributed by atoms with E-state index in [1.807, 2.05) is 11.0 Å². The number of hydrogen-bond donors (Lipinski definition) is 1. The fourth-order valence-corrected chi connectivity index (χ4v) is 4.50. The highest BCUT2D eigenvalue weighted by molar-refractivity contribution is 5.94. The highest BCUT2D eigenvalue weighted by Crippen LogP contribution is 2.25. The number of carbonyl (C=O) groups is 1. The van der Waals surface area contributed by atoms with Crippen molar-refractivity contribution in [2.45, 2.75) is 44.2 Å². The summed E-state index contributed by atoms with van der Waals surface area (Å²) in [4.78, 5) is 17.2. The number of likely N-dealkylation sites (tertiary alicyclic amines) is 1. The second kappa shape index (κ2) is 7.44. The summed E-state index contributed by atoms with van der Waals surface area (Å²) < 4.78 is 5.42. The molecule has 2 saturated heterocycles. The average Bonchev–Trinajstić information content (AvgIpc) is 3.03. The zero-order valence-electron chi connectivity index (χ0n) is 14.8. The number of benzene rings is 1. The predicted octanol–water partition coefficient (Wildman–Crippen LogP) is 1.47. The number of rotatable bonds is 2. The highest BCUT2D eigenvalue weighted by atomic mass is 16.5. The van der Waals surface area contributed by atoms with Gasteiger partial charge in [-0.05, 0) is 55.4 Å². The van der Waals surface area contributed by atoms with Crippen LogP contribution in [0.3, 0.4) is 0 Å². The van der Waals surface area contributed by atoms with Crippen LogP contribution in [0.4, 0.5) is 0 Å². The Bertz CT molecular complexity index is 627. The molecule has 5 heteroatoms. The molecule has 0 radical (unpaired) electrons. The van der Waals surface area contributed by atoms with E-state index >= 15 is 0 Å². The van der Waals surface area contributed by atoms with Gasteiger partial charge in [0.2, 0.25) is 0 Å². The van der Waals surface area contributed by atoms with Crippen molar-refractivity contribution in [2.75, 3.05) is 39.4 Å². The Morgan fingerprint density at radius 2 is 1.80 bits per heavy atom. The van der Waals surface area contributed by atoms with Crippen LogP contribution in [0, 0.1) is 0 Å². The highest BCUT2D eigenvalue weighted by Gasteiger charge is 2.32. The van der Waals surface area contributed by atoms with E-state index in [4.69, 9.17) is 4.74 Å². The minimum Gasteiger partial charge on any atom is -0.391 e. The summed E-state index contributed by atoms with van der Waals surface area (Å²) in [5.74, 6) is 0.115. The fourth-order valence-electron chi connectivity index (χ4n) is 4.50. The molecule has 2 heterocycles. The van der Waals surface area contributed by atoms with E-state index in [9.17, 15) is 9.90 Å². The summed E-state index contributed by atoms with van der Waals surface area (Å²) in [6.45, 7) is 4.58. The minimum absolute atomic E-state index is 0.115. The van der Waals surface area contributed by atoms with Crippen LogP contribution in [0.1, 0.15) is 40.7 Å². The van der Waals surface area contributed by atoms with Gasteiger partial charge in [0, 0.05) is 37.8 Å². The molecule has 1 amide bonds. The van der Waals surface area contributed by atoms with Gasteiger partial charge in [0.15, 0.2) is 0 Å². The topological polar surface area (TPSA) is 53.0 Å². The molecule has 5 nitrogen and oxygen atoms in total. The van der Waals surface area contributed by atoms with Crippen molar-refractivity contribution in [3.05, 3.63) is 34.9 Å². The lowest BCUT2D eigenvalue weighted by Gasteiger charge is -2.36. The standard InChI is InChI=1S/C20H28N2O3/c23-19-7-9-22(8-6-18(19)21-10-12-25-13-11-21)20(24)17-5-4-15-2-1-3-16(15)14-17/h4-5,14,18-19,23H,1-3,6-13H2/t18-,19-/m0/s1. The number of aliphatic hydroxyl groups excluding tert-OH is 1. The van der Waals surface area contributed by atoms with E-state index in [0.29, 0.717) is 13.0 Å². The van der Waals surface area contributed by atoms with Crippen LogP contribution >= 0.6 is 0 Å². The lowest BCUT2D eigenvalue weighted by atomic mass is 10.0. The van der Waals surface area contributed by atoms with Crippen LogP contribution in [0.25, 0.3) is 0 Å². The summed E-state index contributed by atoms with van der Waals surface area (Å²) in [5, 5.41) is 10.6. The van der Waals surface area contributed by atoms with Gasteiger partial charge in [-0.3, -0.25) is 9.69 Å². The Labute approximate surface area is 149 Å². The maximum absolute atomic E-state index is 13.0. The van der Waals surface area contributed by atoms with Gasteiger partial charge in [-0.1, -0.05) is 6.07 Å². The van der Waals surface area contributed by atoms with Crippen LogP contribution in [-0.4, -0.2) is 72.4 Å². The summed E-state index contributed by atoms with van der Waals surface area (Å²) >= 11 is 0. The third-order valence-corrected chi connectivity index (χ3v) is 5.98. The molecule has 136 valence electrons. The van der Waals surface area contributed by atoms with Gasteiger partial charge >= 0.3 is 0 Å². The summed E-state index contributed by atoms with van der Waals surface area (Å²) in [7, 11) is 0. The van der Waals surface area contributed by atoms with Crippen molar-refractivity contribution in [1.29, 1.82) is 0 Å². The molecule has 0 spiro atoms. The monoisotopic (exact) mass is 344 g/mol. The Hall–Kier alpha value is -1.43. The number of ether oxygens (including phenoxy) is 1. The lowest BCUT2D eigenvalue weighted by molar-refractivity contribution is -0.0222. The van der Waals surface area contributed by atoms with Crippen molar-refractivity contribution in [2.24, 2.45) is 0 Å². The molecule has 3 aliphatic rings. The van der Waals surface area contributed by atoms with E-state index in [1.54, 1.807) is 0 Å². The van der Waals surface area contributed by atoms with E-state index < -0.39 is 0 Å². The molecule has 1 N–H and O–H groups in total. The molecule has 1 aromatic rings.